The average Bonchev–Trinajstić information content (AvgIpc) is 2.65. The Morgan fingerprint density at radius 2 is 1.64 bits per heavy atom. The standard InChI is InChI=1S/C22H25FO2/c1-2-3-16-4-6-17(7-5-16)18-8-10-19(11-9-18)22(24)25-21-14-12-20(23)13-15-21/h8-17H,2-7H2,1H3. The number of benzene rings is 2. The summed E-state index contributed by atoms with van der Waals surface area (Å²) >= 11 is 0. The lowest BCUT2D eigenvalue weighted by molar-refractivity contribution is 0.0734. The molecular weight excluding hydrogens is 315 g/mol. The molecule has 1 aliphatic rings. The molecule has 0 aliphatic heterocycles. The molecule has 1 aliphatic carbocycles. The molecule has 0 radical (unpaired) electrons. The first-order chi connectivity index (χ1) is 12.2. The van der Waals surface area contributed by atoms with Crippen molar-refractivity contribution in [3.05, 3.63) is 65.5 Å². The van der Waals surface area contributed by atoms with Crippen LogP contribution in [0.3, 0.4) is 0 Å². The second-order valence-corrected chi connectivity index (χ2v) is 6.97. The second kappa shape index (κ2) is 8.28. The zero-order chi connectivity index (χ0) is 17.6. The van der Waals surface area contributed by atoms with E-state index in [0.717, 1.165) is 5.92 Å². The van der Waals surface area contributed by atoms with Gasteiger partial charge in [-0.3, -0.25) is 0 Å². The van der Waals surface area contributed by atoms with Crippen molar-refractivity contribution in [3.63, 3.8) is 0 Å². The first kappa shape index (κ1) is 17.7. The molecule has 0 atom stereocenters. The lowest BCUT2D eigenvalue weighted by Crippen LogP contribution is -2.13. The second-order valence-electron chi connectivity index (χ2n) is 6.97. The van der Waals surface area contributed by atoms with E-state index in [9.17, 15) is 9.18 Å². The van der Waals surface area contributed by atoms with Crippen molar-refractivity contribution < 1.29 is 13.9 Å². The minimum Gasteiger partial charge on any atom is -0.423 e. The lowest BCUT2D eigenvalue weighted by atomic mass is 9.77. The monoisotopic (exact) mass is 340 g/mol. The van der Waals surface area contributed by atoms with E-state index in [1.54, 1.807) is 0 Å². The Balaban J connectivity index is 1.58. The van der Waals surface area contributed by atoms with Gasteiger partial charge in [-0.2, -0.15) is 0 Å². The minimum atomic E-state index is -0.412. The molecule has 2 aromatic rings. The Morgan fingerprint density at radius 3 is 2.24 bits per heavy atom. The Labute approximate surface area is 149 Å². The fourth-order valence-corrected chi connectivity index (χ4v) is 3.75. The number of ether oxygens (including phenoxy) is 1. The van der Waals surface area contributed by atoms with Crippen molar-refractivity contribution in [2.75, 3.05) is 0 Å². The third-order valence-electron chi connectivity index (χ3n) is 5.19. The lowest BCUT2D eigenvalue weighted by Gasteiger charge is -2.28. The van der Waals surface area contributed by atoms with E-state index in [0.29, 0.717) is 17.2 Å². The number of carbonyl (C=O) groups is 1. The van der Waals surface area contributed by atoms with Gasteiger partial charge in [0.2, 0.25) is 0 Å². The summed E-state index contributed by atoms with van der Waals surface area (Å²) in [5.74, 6) is 1.09. The van der Waals surface area contributed by atoms with Gasteiger partial charge in [0.05, 0.1) is 5.56 Å². The summed E-state index contributed by atoms with van der Waals surface area (Å²) in [6.45, 7) is 2.26. The summed E-state index contributed by atoms with van der Waals surface area (Å²) in [4.78, 5) is 12.2. The van der Waals surface area contributed by atoms with Gasteiger partial charge in [0.1, 0.15) is 11.6 Å². The van der Waals surface area contributed by atoms with E-state index < -0.39 is 5.97 Å². The molecule has 0 aromatic heterocycles. The summed E-state index contributed by atoms with van der Waals surface area (Å²) in [5.41, 5.74) is 1.83. The molecule has 25 heavy (non-hydrogen) atoms. The minimum absolute atomic E-state index is 0.349. The van der Waals surface area contributed by atoms with Crippen LogP contribution in [0.15, 0.2) is 48.5 Å². The molecule has 1 fully saturated rings. The number of rotatable bonds is 5. The Morgan fingerprint density at radius 1 is 1.00 bits per heavy atom. The van der Waals surface area contributed by atoms with Crippen LogP contribution >= 0.6 is 0 Å². The summed E-state index contributed by atoms with van der Waals surface area (Å²) < 4.78 is 18.2. The smallest absolute Gasteiger partial charge is 0.343 e. The highest BCUT2D eigenvalue weighted by molar-refractivity contribution is 5.91. The molecule has 0 N–H and O–H groups in total. The zero-order valence-electron chi connectivity index (χ0n) is 14.7. The van der Waals surface area contributed by atoms with Crippen LogP contribution in [0.4, 0.5) is 4.39 Å². The molecule has 1 saturated carbocycles. The van der Waals surface area contributed by atoms with Crippen molar-refractivity contribution >= 4 is 5.97 Å². The van der Waals surface area contributed by atoms with Gasteiger partial charge in [0.25, 0.3) is 0 Å². The van der Waals surface area contributed by atoms with Gasteiger partial charge in [0, 0.05) is 0 Å². The topological polar surface area (TPSA) is 26.3 Å². The Hall–Kier alpha value is -2.16. The third-order valence-corrected chi connectivity index (χ3v) is 5.19. The molecule has 0 spiro atoms. The van der Waals surface area contributed by atoms with E-state index in [4.69, 9.17) is 4.74 Å². The molecule has 0 saturated heterocycles. The van der Waals surface area contributed by atoms with E-state index in [1.807, 2.05) is 24.3 Å². The Bertz CT molecular complexity index is 683. The number of carbonyl (C=O) groups excluding carboxylic acids is 1. The van der Waals surface area contributed by atoms with Crippen LogP contribution in [0.5, 0.6) is 5.75 Å². The fraction of sp³-hybridized carbons (Fsp3) is 0.409. The van der Waals surface area contributed by atoms with Crippen molar-refractivity contribution in [2.24, 2.45) is 5.92 Å². The number of esters is 1. The molecule has 132 valence electrons. The van der Waals surface area contributed by atoms with Crippen LogP contribution in [0.1, 0.15) is 67.3 Å². The SMILES string of the molecule is CCCC1CCC(c2ccc(C(=O)Oc3ccc(F)cc3)cc2)CC1. The van der Waals surface area contributed by atoms with Gasteiger partial charge in [-0.25, -0.2) is 9.18 Å². The van der Waals surface area contributed by atoms with Crippen molar-refractivity contribution in [2.45, 2.75) is 51.4 Å². The molecule has 0 amide bonds. The highest BCUT2D eigenvalue weighted by atomic mass is 19.1. The normalized spacial score (nSPS) is 20.2. The van der Waals surface area contributed by atoms with Crippen molar-refractivity contribution in [3.8, 4) is 5.75 Å². The highest BCUT2D eigenvalue weighted by Crippen LogP contribution is 2.37. The van der Waals surface area contributed by atoms with Crippen LogP contribution < -0.4 is 4.74 Å². The number of hydrogen-bond acceptors (Lipinski definition) is 2. The maximum absolute atomic E-state index is 12.9. The largest absolute Gasteiger partial charge is 0.423 e. The summed E-state index contributed by atoms with van der Waals surface area (Å²) in [7, 11) is 0. The first-order valence-corrected chi connectivity index (χ1v) is 9.23. The maximum Gasteiger partial charge on any atom is 0.343 e. The first-order valence-electron chi connectivity index (χ1n) is 9.23. The van der Waals surface area contributed by atoms with Crippen molar-refractivity contribution in [1.29, 1.82) is 0 Å². The molecule has 0 bridgehead atoms. The molecule has 2 nitrogen and oxygen atoms in total. The average molecular weight is 340 g/mol. The quantitative estimate of drug-likeness (QED) is 0.484. The highest BCUT2D eigenvalue weighted by Gasteiger charge is 2.22. The molecular formula is C22H25FO2. The van der Waals surface area contributed by atoms with Gasteiger partial charge in [-0.1, -0.05) is 31.9 Å². The van der Waals surface area contributed by atoms with Gasteiger partial charge in [0.15, 0.2) is 0 Å². The van der Waals surface area contributed by atoms with Gasteiger partial charge in [-0.05, 0) is 79.5 Å². The molecule has 0 heterocycles. The summed E-state index contributed by atoms with van der Waals surface area (Å²) in [5, 5.41) is 0. The van der Waals surface area contributed by atoms with Gasteiger partial charge < -0.3 is 4.74 Å². The molecule has 0 unspecified atom stereocenters. The fourth-order valence-electron chi connectivity index (χ4n) is 3.75. The number of hydrogen-bond donors (Lipinski definition) is 0. The third kappa shape index (κ3) is 4.68. The van der Waals surface area contributed by atoms with E-state index >= 15 is 0 Å². The predicted octanol–water partition coefficient (Wildman–Crippen LogP) is 6.12. The van der Waals surface area contributed by atoms with Crippen LogP contribution in [-0.4, -0.2) is 5.97 Å². The van der Waals surface area contributed by atoms with Crippen LogP contribution in [0.2, 0.25) is 0 Å². The molecule has 2 aromatic carbocycles. The van der Waals surface area contributed by atoms with E-state index in [2.05, 4.69) is 6.92 Å². The van der Waals surface area contributed by atoms with E-state index in [-0.39, 0.29) is 5.82 Å². The van der Waals surface area contributed by atoms with E-state index in [1.165, 1.54) is 68.4 Å². The van der Waals surface area contributed by atoms with Crippen molar-refractivity contribution in [1.82, 2.24) is 0 Å². The number of halogens is 1. The van der Waals surface area contributed by atoms with Crippen LogP contribution in [0, 0.1) is 11.7 Å². The summed E-state index contributed by atoms with van der Waals surface area (Å²) in [6.07, 6.45) is 7.73. The molecule has 3 heteroatoms. The van der Waals surface area contributed by atoms with Gasteiger partial charge in [-0.15, -0.1) is 0 Å². The van der Waals surface area contributed by atoms with Crippen LogP contribution in [0.25, 0.3) is 0 Å². The van der Waals surface area contributed by atoms with Gasteiger partial charge >= 0.3 is 5.97 Å². The maximum atomic E-state index is 12.9. The predicted molar refractivity (Wildman–Crippen MR) is 97.4 cm³/mol. The Kier molecular flexibility index (Phi) is 5.85. The zero-order valence-corrected chi connectivity index (χ0v) is 14.7. The molecule has 3 rings (SSSR count). The van der Waals surface area contributed by atoms with Crippen LogP contribution in [-0.2, 0) is 0 Å². The summed E-state index contributed by atoms with van der Waals surface area (Å²) in [6, 6.07) is 13.2.